The van der Waals surface area contributed by atoms with Crippen LogP contribution in [0.4, 0.5) is 5.69 Å². The molecule has 5 rings (SSSR count). The van der Waals surface area contributed by atoms with Crippen LogP contribution in [0.15, 0.2) is 42.5 Å². The second kappa shape index (κ2) is 8.80. The molecule has 12 nitrogen and oxygen atoms in total. The summed E-state index contributed by atoms with van der Waals surface area (Å²) in [6, 6.07) is 11.4. The molecule has 2 aliphatic heterocycles. The van der Waals surface area contributed by atoms with Gasteiger partial charge in [0.15, 0.2) is 11.4 Å². The molecule has 1 aromatic heterocycles. The molecule has 0 bridgehead atoms. The van der Waals surface area contributed by atoms with Crippen LogP contribution in [0.2, 0.25) is 0 Å². The van der Waals surface area contributed by atoms with Gasteiger partial charge >= 0.3 is 0 Å². The van der Waals surface area contributed by atoms with Crippen molar-refractivity contribution in [2.24, 2.45) is 11.5 Å². The summed E-state index contributed by atoms with van der Waals surface area (Å²) in [6.07, 6.45) is 0.517. The smallest absolute Gasteiger partial charge is 0.271 e. The highest BCUT2D eigenvalue weighted by molar-refractivity contribution is 6.10. The number of rotatable bonds is 5. The van der Waals surface area contributed by atoms with E-state index in [0.29, 0.717) is 17.7 Å². The maximum atomic E-state index is 13.6. The molecule has 4 amide bonds. The van der Waals surface area contributed by atoms with Crippen LogP contribution in [-0.4, -0.2) is 63.2 Å². The normalized spacial score (nSPS) is 19.1. The molecule has 2 aliphatic rings. The van der Waals surface area contributed by atoms with Crippen molar-refractivity contribution in [3.05, 3.63) is 59.4 Å². The Bertz CT molecular complexity index is 1400. The van der Waals surface area contributed by atoms with E-state index >= 15 is 0 Å². The summed E-state index contributed by atoms with van der Waals surface area (Å²) in [5.74, 6) is -1.76. The van der Waals surface area contributed by atoms with E-state index in [1.165, 1.54) is 9.58 Å². The zero-order chi connectivity index (χ0) is 25.6. The number of methoxy groups -OCH3 is 1. The number of nitrogens with two attached hydrogens (primary N) is 2. The van der Waals surface area contributed by atoms with Crippen LogP contribution >= 0.6 is 0 Å². The largest absolute Gasteiger partial charge is 0.497 e. The van der Waals surface area contributed by atoms with Crippen LogP contribution in [0.25, 0.3) is 11.1 Å². The number of nitrogens with one attached hydrogen (secondary N) is 1. The fraction of sp³-hybridized carbons (Fsp3) is 0.250. The van der Waals surface area contributed by atoms with Crippen LogP contribution in [-0.2, 0) is 4.79 Å². The van der Waals surface area contributed by atoms with Gasteiger partial charge in [-0.05, 0) is 48.2 Å². The van der Waals surface area contributed by atoms with Crippen LogP contribution in [0.1, 0.15) is 50.2 Å². The minimum Gasteiger partial charge on any atom is -0.497 e. The Balaban J connectivity index is 1.45. The Kier molecular flexibility index (Phi) is 5.63. The molecule has 184 valence electrons. The second-order valence-electron chi connectivity index (χ2n) is 8.63. The molecule has 3 aromatic rings. The van der Waals surface area contributed by atoms with Crippen molar-refractivity contribution in [1.29, 1.82) is 0 Å². The Labute approximate surface area is 205 Å². The number of aromatic nitrogens is 3. The predicted molar refractivity (Wildman–Crippen MR) is 127 cm³/mol. The standard InChI is InChI=1S/C24H23N7O5/c1-36-15-5-2-12(3-6-15)13-4-7-17-16(10-13)24(35)30-9-8-14(11-18(30)23(34)27-17)31-20(22(26)33)19(21(25)32)28-29-31/h2-7,10,14,18H,8-9,11H2,1H3,(H2,25,32)(H2,26,33)(H,27,34). The highest BCUT2D eigenvalue weighted by atomic mass is 16.5. The van der Waals surface area contributed by atoms with Gasteiger partial charge in [0, 0.05) is 6.54 Å². The molecule has 0 saturated carbocycles. The number of anilines is 1. The van der Waals surface area contributed by atoms with Crippen LogP contribution in [0.3, 0.4) is 0 Å². The maximum absolute atomic E-state index is 13.6. The molecule has 12 heteroatoms. The third-order valence-electron chi connectivity index (χ3n) is 6.58. The summed E-state index contributed by atoms with van der Waals surface area (Å²) in [4.78, 5) is 51.9. The van der Waals surface area contributed by atoms with Crippen molar-refractivity contribution in [2.75, 3.05) is 19.0 Å². The number of primary amides is 2. The number of fused-ring (bicyclic) bond motifs is 2. The van der Waals surface area contributed by atoms with Crippen molar-refractivity contribution in [2.45, 2.75) is 24.9 Å². The molecule has 5 N–H and O–H groups in total. The lowest BCUT2D eigenvalue weighted by Gasteiger charge is -2.37. The number of hydrogen-bond acceptors (Lipinski definition) is 7. The summed E-state index contributed by atoms with van der Waals surface area (Å²) in [7, 11) is 1.59. The average molecular weight is 489 g/mol. The SMILES string of the molecule is COc1ccc(-c2ccc3c(c2)C(=O)N2CCC(n4nnc(C(N)=O)c4C(N)=O)CC2C(=O)N3)cc1. The number of carbonyl (C=O) groups is 4. The number of carbonyl (C=O) groups excluding carboxylic acids is 4. The highest BCUT2D eigenvalue weighted by Crippen LogP contribution is 2.35. The molecule has 1 saturated heterocycles. The van der Waals surface area contributed by atoms with E-state index in [1.807, 2.05) is 30.3 Å². The number of piperidine rings is 1. The summed E-state index contributed by atoms with van der Waals surface area (Å²) in [5, 5.41) is 10.5. The lowest BCUT2D eigenvalue weighted by atomic mass is 9.95. The third kappa shape index (κ3) is 3.82. The lowest BCUT2D eigenvalue weighted by Crippen LogP contribution is -2.50. The van der Waals surface area contributed by atoms with Crippen molar-refractivity contribution in [3.8, 4) is 16.9 Å². The van der Waals surface area contributed by atoms with Crippen LogP contribution in [0, 0.1) is 0 Å². The number of ether oxygens (including phenoxy) is 1. The minimum absolute atomic E-state index is 0.152. The van der Waals surface area contributed by atoms with Crippen molar-refractivity contribution >= 4 is 29.3 Å². The summed E-state index contributed by atoms with van der Waals surface area (Å²) in [6.45, 7) is 0.220. The lowest BCUT2D eigenvalue weighted by molar-refractivity contribution is -0.121. The molecule has 36 heavy (non-hydrogen) atoms. The zero-order valence-corrected chi connectivity index (χ0v) is 19.3. The van der Waals surface area contributed by atoms with Crippen molar-refractivity contribution in [1.82, 2.24) is 19.9 Å². The first kappa shape index (κ1) is 23.0. The van der Waals surface area contributed by atoms with E-state index in [1.54, 1.807) is 19.2 Å². The second-order valence-corrected chi connectivity index (χ2v) is 8.63. The van der Waals surface area contributed by atoms with E-state index in [2.05, 4.69) is 15.6 Å². The Morgan fingerprint density at radius 3 is 2.44 bits per heavy atom. The summed E-state index contributed by atoms with van der Waals surface area (Å²) in [5.41, 5.74) is 12.7. The maximum Gasteiger partial charge on any atom is 0.271 e. The van der Waals surface area contributed by atoms with Crippen LogP contribution < -0.4 is 21.5 Å². The molecule has 0 radical (unpaired) electrons. The Morgan fingerprint density at radius 2 is 1.78 bits per heavy atom. The first-order valence-electron chi connectivity index (χ1n) is 11.2. The molecule has 1 fully saturated rings. The predicted octanol–water partition coefficient (Wildman–Crippen LogP) is 0.949. The molecular weight excluding hydrogens is 466 g/mol. The first-order valence-corrected chi connectivity index (χ1v) is 11.2. The van der Waals surface area contributed by atoms with Gasteiger partial charge in [-0.1, -0.05) is 23.4 Å². The highest BCUT2D eigenvalue weighted by Gasteiger charge is 2.42. The van der Waals surface area contributed by atoms with Gasteiger partial charge in [0.1, 0.15) is 11.8 Å². The van der Waals surface area contributed by atoms with E-state index in [-0.39, 0.29) is 36.2 Å². The van der Waals surface area contributed by atoms with Crippen LogP contribution in [0.5, 0.6) is 5.75 Å². The Morgan fingerprint density at radius 1 is 1.06 bits per heavy atom. The van der Waals surface area contributed by atoms with Gasteiger partial charge in [-0.25, -0.2) is 4.68 Å². The fourth-order valence-electron chi connectivity index (χ4n) is 4.77. The van der Waals surface area contributed by atoms with Gasteiger partial charge in [0.2, 0.25) is 5.91 Å². The number of amides is 4. The Hall–Kier alpha value is -4.74. The molecule has 2 aromatic carbocycles. The number of hydrogen-bond donors (Lipinski definition) is 3. The number of benzene rings is 2. The van der Waals surface area contributed by atoms with Gasteiger partial charge in [-0.2, -0.15) is 0 Å². The molecule has 0 aliphatic carbocycles. The van der Waals surface area contributed by atoms with Gasteiger partial charge in [0.25, 0.3) is 17.7 Å². The quantitative estimate of drug-likeness (QED) is 0.478. The van der Waals surface area contributed by atoms with Crippen molar-refractivity contribution < 1.29 is 23.9 Å². The van der Waals surface area contributed by atoms with Gasteiger partial charge < -0.3 is 26.4 Å². The van der Waals surface area contributed by atoms with Gasteiger partial charge in [0.05, 0.1) is 24.4 Å². The minimum atomic E-state index is -0.932. The average Bonchev–Trinajstić information content (AvgIpc) is 3.31. The van der Waals surface area contributed by atoms with Gasteiger partial charge in [-0.15, -0.1) is 5.10 Å². The summed E-state index contributed by atoms with van der Waals surface area (Å²) >= 11 is 0. The molecular formula is C24H23N7O5. The topological polar surface area (TPSA) is 176 Å². The van der Waals surface area contributed by atoms with E-state index < -0.39 is 23.9 Å². The first-order chi connectivity index (χ1) is 17.3. The molecule has 3 heterocycles. The van der Waals surface area contributed by atoms with E-state index in [4.69, 9.17) is 16.2 Å². The monoisotopic (exact) mass is 489 g/mol. The van der Waals surface area contributed by atoms with Gasteiger partial charge in [-0.3, -0.25) is 19.2 Å². The van der Waals surface area contributed by atoms with Crippen molar-refractivity contribution in [3.63, 3.8) is 0 Å². The van der Waals surface area contributed by atoms with E-state index in [0.717, 1.165) is 16.9 Å². The molecule has 2 atom stereocenters. The molecule has 0 spiro atoms. The molecule has 2 unspecified atom stereocenters. The third-order valence-corrected chi connectivity index (χ3v) is 6.58. The fourth-order valence-corrected chi connectivity index (χ4v) is 4.77. The number of nitrogens with zero attached hydrogens (tertiary/aromatic N) is 4. The zero-order valence-electron chi connectivity index (χ0n) is 19.3. The summed E-state index contributed by atoms with van der Waals surface area (Å²) < 4.78 is 6.44. The van der Waals surface area contributed by atoms with E-state index in [9.17, 15) is 19.2 Å².